The maximum absolute atomic E-state index is 6.10. The van der Waals surface area contributed by atoms with Gasteiger partial charge in [-0.1, -0.05) is 12.1 Å². The van der Waals surface area contributed by atoms with Crippen molar-refractivity contribution in [1.29, 1.82) is 0 Å². The van der Waals surface area contributed by atoms with Gasteiger partial charge in [-0.05, 0) is 30.4 Å². The molecule has 1 aromatic carbocycles. The lowest BCUT2D eigenvalue weighted by molar-refractivity contribution is 0.0321. The van der Waals surface area contributed by atoms with Crippen LogP contribution in [0.25, 0.3) is 27.7 Å². The van der Waals surface area contributed by atoms with E-state index >= 15 is 0 Å². The normalized spacial score (nSPS) is 18.6. The third-order valence-corrected chi connectivity index (χ3v) is 6.77. The first-order valence-corrected chi connectivity index (χ1v) is 11.3. The number of rotatable bonds is 3. The first-order valence-electron chi connectivity index (χ1n) is 11.3. The number of imidazole rings is 1. The van der Waals surface area contributed by atoms with Crippen LogP contribution in [-0.4, -0.2) is 69.7 Å². The molecule has 2 aliphatic rings. The molecular formula is C24H27N7O. The minimum atomic E-state index is 0.540. The van der Waals surface area contributed by atoms with Gasteiger partial charge in [-0.15, -0.1) is 0 Å². The first kappa shape index (κ1) is 19.5. The lowest BCUT2D eigenvalue weighted by Gasteiger charge is -2.41. The van der Waals surface area contributed by atoms with Crippen LogP contribution in [0.1, 0.15) is 12.8 Å². The Morgan fingerprint density at radius 2 is 1.81 bits per heavy atom. The van der Waals surface area contributed by atoms with E-state index in [-0.39, 0.29) is 0 Å². The number of benzene rings is 1. The van der Waals surface area contributed by atoms with Gasteiger partial charge >= 0.3 is 0 Å². The number of nitrogens with zero attached hydrogens (tertiary/aromatic N) is 6. The minimum Gasteiger partial charge on any atom is -0.383 e. The fourth-order valence-corrected chi connectivity index (χ4v) is 4.97. The summed E-state index contributed by atoms with van der Waals surface area (Å²) in [6.07, 6.45) is 9.91. The van der Waals surface area contributed by atoms with Crippen molar-refractivity contribution in [3.05, 3.63) is 49.1 Å². The molecule has 0 spiro atoms. The van der Waals surface area contributed by atoms with Crippen LogP contribution in [0.3, 0.4) is 0 Å². The summed E-state index contributed by atoms with van der Waals surface area (Å²) in [6.45, 7) is 5.81. The second kappa shape index (κ2) is 8.03. The van der Waals surface area contributed by atoms with Crippen molar-refractivity contribution in [3.8, 4) is 11.3 Å². The highest BCUT2D eigenvalue weighted by atomic mass is 16.5. The van der Waals surface area contributed by atoms with Gasteiger partial charge in [0.05, 0.1) is 5.69 Å². The van der Waals surface area contributed by atoms with Gasteiger partial charge in [-0.25, -0.2) is 15.0 Å². The molecule has 2 saturated heterocycles. The first-order chi connectivity index (χ1) is 15.8. The molecule has 5 heterocycles. The molecule has 32 heavy (non-hydrogen) atoms. The number of hydrogen-bond acceptors (Lipinski definition) is 7. The molecule has 3 aromatic heterocycles. The third-order valence-electron chi connectivity index (χ3n) is 6.77. The SMILES string of the molecule is Nc1nccc2ccc(-c3cn4ccnc(N5CCN(C6CCOCC6)CC5)c4n3)cc12. The monoisotopic (exact) mass is 429 g/mol. The summed E-state index contributed by atoms with van der Waals surface area (Å²) in [4.78, 5) is 18.9. The standard InChI is InChI=1S/C24H27N7O/c25-22-20-15-18(2-1-17(20)3-6-26-22)21-16-31-8-7-27-23(24(31)28-21)30-11-9-29(10-12-30)19-4-13-32-14-5-19/h1-3,6-8,15-16,19H,4-5,9-14H2,(H2,25,26). The van der Waals surface area contributed by atoms with E-state index in [9.17, 15) is 0 Å². The Morgan fingerprint density at radius 3 is 2.66 bits per heavy atom. The number of nitrogens with two attached hydrogens (primary N) is 1. The largest absolute Gasteiger partial charge is 0.383 e. The van der Waals surface area contributed by atoms with E-state index in [2.05, 4.69) is 43.6 Å². The lowest BCUT2D eigenvalue weighted by Crippen LogP contribution is -2.52. The van der Waals surface area contributed by atoms with Gasteiger partial charge in [0.15, 0.2) is 11.5 Å². The summed E-state index contributed by atoms with van der Waals surface area (Å²) in [5, 5.41) is 2.03. The highest BCUT2D eigenvalue weighted by molar-refractivity contribution is 5.94. The quantitative estimate of drug-likeness (QED) is 0.536. The van der Waals surface area contributed by atoms with Gasteiger partial charge < -0.3 is 19.8 Å². The van der Waals surface area contributed by atoms with Crippen LogP contribution in [0.2, 0.25) is 0 Å². The van der Waals surface area contributed by atoms with E-state index in [1.807, 2.05) is 18.5 Å². The molecule has 0 saturated carbocycles. The van der Waals surface area contributed by atoms with E-state index in [1.54, 1.807) is 6.20 Å². The van der Waals surface area contributed by atoms with E-state index < -0.39 is 0 Å². The number of piperazine rings is 1. The Kier molecular flexibility index (Phi) is 4.88. The van der Waals surface area contributed by atoms with Gasteiger partial charge in [0.25, 0.3) is 0 Å². The Balaban J connectivity index is 1.28. The topological polar surface area (TPSA) is 84.8 Å². The smallest absolute Gasteiger partial charge is 0.180 e. The van der Waals surface area contributed by atoms with Crippen molar-refractivity contribution in [2.45, 2.75) is 18.9 Å². The van der Waals surface area contributed by atoms with Crippen molar-refractivity contribution in [3.63, 3.8) is 0 Å². The van der Waals surface area contributed by atoms with Crippen LogP contribution in [0, 0.1) is 0 Å². The van der Waals surface area contributed by atoms with E-state index in [0.717, 1.165) is 85.7 Å². The summed E-state index contributed by atoms with van der Waals surface area (Å²) in [7, 11) is 0. The minimum absolute atomic E-state index is 0.540. The molecule has 8 nitrogen and oxygen atoms in total. The Morgan fingerprint density at radius 1 is 0.969 bits per heavy atom. The number of fused-ring (bicyclic) bond motifs is 2. The van der Waals surface area contributed by atoms with Crippen LogP contribution < -0.4 is 10.6 Å². The van der Waals surface area contributed by atoms with E-state index in [1.165, 1.54) is 0 Å². The third kappa shape index (κ3) is 3.45. The molecule has 2 aliphatic heterocycles. The second-order valence-corrected chi connectivity index (χ2v) is 8.61. The van der Waals surface area contributed by atoms with Gasteiger partial charge in [0.1, 0.15) is 5.82 Å². The molecule has 0 unspecified atom stereocenters. The molecule has 0 radical (unpaired) electrons. The zero-order valence-electron chi connectivity index (χ0n) is 18.0. The lowest BCUT2D eigenvalue weighted by atomic mass is 10.1. The molecular weight excluding hydrogens is 402 g/mol. The van der Waals surface area contributed by atoms with Crippen LogP contribution in [0.15, 0.2) is 49.1 Å². The number of pyridine rings is 1. The van der Waals surface area contributed by atoms with E-state index in [4.69, 9.17) is 20.4 Å². The van der Waals surface area contributed by atoms with Crippen molar-refractivity contribution in [2.75, 3.05) is 50.0 Å². The van der Waals surface area contributed by atoms with Crippen LogP contribution >= 0.6 is 0 Å². The molecule has 2 fully saturated rings. The summed E-state index contributed by atoms with van der Waals surface area (Å²) >= 11 is 0. The fraction of sp³-hybridized carbons (Fsp3) is 0.375. The van der Waals surface area contributed by atoms with Gasteiger partial charge in [0, 0.05) is 81.2 Å². The van der Waals surface area contributed by atoms with Crippen molar-refractivity contribution >= 4 is 28.1 Å². The van der Waals surface area contributed by atoms with Gasteiger partial charge in [-0.3, -0.25) is 4.90 Å². The molecule has 0 bridgehead atoms. The molecule has 2 N–H and O–H groups in total. The Hall–Kier alpha value is -3.23. The number of hydrogen-bond donors (Lipinski definition) is 1. The number of ether oxygens (including phenoxy) is 1. The molecule has 4 aromatic rings. The molecule has 0 aliphatic carbocycles. The van der Waals surface area contributed by atoms with Gasteiger partial charge in [-0.2, -0.15) is 0 Å². The number of anilines is 2. The maximum atomic E-state index is 6.10. The van der Waals surface area contributed by atoms with E-state index in [0.29, 0.717) is 11.9 Å². The Bertz CT molecular complexity index is 1260. The predicted molar refractivity (Wildman–Crippen MR) is 126 cm³/mol. The summed E-state index contributed by atoms with van der Waals surface area (Å²) in [5.41, 5.74) is 8.92. The summed E-state index contributed by atoms with van der Waals surface area (Å²) in [5.74, 6) is 1.49. The maximum Gasteiger partial charge on any atom is 0.180 e. The van der Waals surface area contributed by atoms with Gasteiger partial charge in [0.2, 0.25) is 0 Å². The van der Waals surface area contributed by atoms with Crippen molar-refractivity contribution in [2.24, 2.45) is 0 Å². The van der Waals surface area contributed by atoms with Crippen LogP contribution in [0.4, 0.5) is 11.6 Å². The van der Waals surface area contributed by atoms with Crippen molar-refractivity contribution < 1.29 is 4.74 Å². The summed E-state index contributed by atoms with van der Waals surface area (Å²) in [6, 6.07) is 8.85. The predicted octanol–water partition coefficient (Wildman–Crippen LogP) is 2.83. The average molecular weight is 430 g/mol. The van der Waals surface area contributed by atoms with Crippen LogP contribution in [-0.2, 0) is 4.74 Å². The molecule has 6 rings (SSSR count). The van der Waals surface area contributed by atoms with Crippen molar-refractivity contribution in [1.82, 2.24) is 24.3 Å². The van der Waals surface area contributed by atoms with Crippen LogP contribution in [0.5, 0.6) is 0 Å². The molecule has 0 atom stereocenters. The number of nitrogen functional groups attached to an aromatic ring is 1. The molecule has 8 heteroatoms. The average Bonchev–Trinajstić information content (AvgIpc) is 3.29. The molecule has 164 valence electrons. The Labute approximate surface area is 186 Å². The summed E-state index contributed by atoms with van der Waals surface area (Å²) < 4.78 is 7.60. The fourth-order valence-electron chi connectivity index (χ4n) is 4.97. The zero-order chi connectivity index (χ0) is 21.5. The highest BCUT2D eigenvalue weighted by Gasteiger charge is 2.27. The molecule has 0 amide bonds. The second-order valence-electron chi connectivity index (χ2n) is 8.61. The number of aromatic nitrogens is 4. The highest BCUT2D eigenvalue weighted by Crippen LogP contribution is 2.29. The zero-order valence-corrected chi connectivity index (χ0v) is 18.0.